The predicted octanol–water partition coefficient (Wildman–Crippen LogP) is 5.24. The first-order valence-corrected chi connectivity index (χ1v) is 12.0. The molecule has 2 heterocycles. The molecule has 1 atom stereocenters. The van der Waals surface area contributed by atoms with Crippen LogP contribution in [-0.2, 0) is 11.3 Å². The van der Waals surface area contributed by atoms with Crippen LogP contribution in [0.4, 0.5) is 11.4 Å². The minimum Gasteiger partial charge on any atom is -0.372 e. The first kappa shape index (κ1) is 22.1. The largest absolute Gasteiger partial charge is 0.372 e. The van der Waals surface area contributed by atoms with Crippen LogP contribution in [0.5, 0.6) is 0 Å². The molecule has 2 aromatic carbocycles. The summed E-state index contributed by atoms with van der Waals surface area (Å²) in [5.41, 5.74) is 3.01. The van der Waals surface area contributed by atoms with Crippen molar-refractivity contribution in [3.05, 3.63) is 67.3 Å². The van der Waals surface area contributed by atoms with E-state index in [9.17, 15) is 4.79 Å². The van der Waals surface area contributed by atoms with Crippen molar-refractivity contribution in [1.29, 1.82) is 0 Å². The molecule has 1 fully saturated rings. The SMILES string of the molecule is C=CCn1c(SC(C)C(=O)Nc2ccc(N3CCCCC3)cc2)nnc1-c1ccccc1. The van der Waals surface area contributed by atoms with E-state index in [2.05, 4.69) is 39.1 Å². The van der Waals surface area contributed by atoms with E-state index in [0.717, 1.165) is 30.2 Å². The molecule has 1 saturated heterocycles. The van der Waals surface area contributed by atoms with E-state index in [0.29, 0.717) is 11.7 Å². The Kier molecular flexibility index (Phi) is 7.27. The van der Waals surface area contributed by atoms with Crippen LogP contribution in [0.25, 0.3) is 11.4 Å². The highest BCUT2D eigenvalue weighted by Crippen LogP contribution is 2.28. The highest BCUT2D eigenvalue weighted by molar-refractivity contribution is 8.00. The third-order valence-electron chi connectivity index (χ3n) is 5.57. The minimum atomic E-state index is -0.326. The van der Waals surface area contributed by atoms with E-state index in [4.69, 9.17) is 0 Å². The summed E-state index contributed by atoms with van der Waals surface area (Å²) < 4.78 is 1.99. The standard InChI is InChI=1S/C25H29N5OS/c1-3-16-30-23(20-10-6-4-7-11-20)27-28-25(30)32-19(2)24(31)26-21-12-14-22(15-13-21)29-17-8-5-9-18-29/h3-4,6-7,10-15,19H,1,5,8-9,16-18H2,2H3,(H,26,31). The number of aromatic nitrogens is 3. The Morgan fingerprint density at radius 2 is 1.81 bits per heavy atom. The number of carbonyl (C=O) groups excluding carboxylic acids is 1. The highest BCUT2D eigenvalue weighted by atomic mass is 32.2. The number of amides is 1. The number of carbonyl (C=O) groups is 1. The molecule has 32 heavy (non-hydrogen) atoms. The van der Waals surface area contributed by atoms with Gasteiger partial charge < -0.3 is 10.2 Å². The number of anilines is 2. The topological polar surface area (TPSA) is 63.1 Å². The van der Waals surface area contributed by atoms with Crippen LogP contribution in [0.3, 0.4) is 0 Å². The van der Waals surface area contributed by atoms with E-state index < -0.39 is 0 Å². The Balaban J connectivity index is 1.41. The van der Waals surface area contributed by atoms with Crippen molar-refractivity contribution in [2.45, 2.75) is 43.1 Å². The summed E-state index contributed by atoms with van der Waals surface area (Å²) in [5, 5.41) is 12.1. The molecular formula is C25H29N5OS. The maximum absolute atomic E-state index is 12.8. The maximum atomic E-state index is 12.8. The van der Waals surface area contributed by atoms with Crippen molar-refractivity contribution in [3.8, 4) is 11.4 Å². The summed E-state index contributed by atoms with van der Waals surface area (Å²) in [4.78, 5) is 15.2. The molecule has 166 valence electrons. The number of allylic oxidation sites excluding steroid dienone is 1. The second kappa shape index (κ2) is 10.5. The molecule has 0 saturated carbocycles. The molecule has 1 aliphatic rings. The molecule has 0 radical (unpaired) electrons. The average molecular weight is 448 g/mol. The first-order valence-electron chi connectivity index (χ1n) is 11.1. The molecular weight excluding hydrogens is 418 g/mol. The zero-order valence-electron chi connectivity index (χ0n) is 18.4. The van der Waals surface area contributed by atoms with Gasteiger partial charge >= 0.3 is 0 Å². The van der Waals surface area contributed by atoms with Gasteiger partial charge in [-0.25, -0.2) is 0 Å². The Morgan fingerprint density at radius 3 is 2.50 bits per heavy atom. The van der Waals surface area contributed by atoms with Crippen LogP contribution in [-0.4, -0.2) is 39.0 Å². The van der Waals surface area contributed by atoms with Crippen LogP contribution in [0.2, 0.25) is 0 Å². The van der Waals surface area contributed by atoms with E-state index in [1.54, 1.807) is 0 Å². The first-order chi connectivity index (χ1) is 15.7. The van der Waals surface area contributed by atoms with Gasteiger partial charge in [0, 0.05) is 36.6 Å². The minimum absolute atomic E-state index is 0.0601. The van der Waals surface area contributed by atoms with Gasteiger partial charge in [0.1, 0.15) is 0 Å². The van der Waals surface area contributed by atoms with Crippen LogP contribution in [0.15, 0.2) is 72.4 Å². The zero-order chi connectivity index (χ0) is 22.3. The lowest BCUT2D eigenvalue weighted by molar-refractivity contribution is -0.115. The Bertz CT molecular complexity index is 1040. The van der Waals surface area contributed by atoms with Crippen molar-refractivity contribution >= 4 is 29.0 Å². The highest BCUT2D eigenvalue weighted by Gasteiger charge is 2.21. The second-order valence-corrected chi connectivity index (χ2v) is 9.22. The Labute approximate surface area is 193 Å². The lowest BCUT2D eigenvalue weighted by Crippen LogP contribution is -2.29. The molecule has 1 N–H and O–H groups in total. The van der Waals surface area contributed by atoms with Crippen molar-refractivity contribution in [2.24, 2.45) is 0 Å². The number of nitrogens with zero attached hydrogens (tertiary/aromatic N) is 4. The third kappa shape index (κ3) is 5.22. The number of piperidine rings is 1. The second-order valence-electron chi connectivity index (χ2n) is 7.92. The molecule has 1 aromatic heterocycles. The van der Waals surface area contributed by atoms with E-state index >= 15 is 0 Å². The van der Waals surface area contributed by atoms with Crippen molar-refractivity contribution < 1.29 is 4.79 Å². The summed E-state index contributed by atoms with van der Waals surface area (Å²) >= 11 is 1.40. The van der Waals surface area contributed by atoms with Crippen LogP contribution < -0.4 is 10.2 Å². The van der Waals surface area contributed by atoms with Crippen LogP contribution >= 0.6 is 11.8 Å². The number of hydrogen-bond acceptors (Lipinski definition) is 5. The molecule has 3 aromatic rings. The third-order valence-corrected chi connectivity index (χ3v) is 6.65. The van der Waals surface area contributed by atoms with Gasteiger partial charge in [-0.15, -0.1) is 16.8 Å². The average Bonchev–Trinajstić information content (AvgIpc) is 3.23. The molecule has 0 spiro atoms. The fourth-order valence-electron chi connectivity index (χ4n) is 3.83. The molecule has 0 aliphatic carbocycles. The summed E-state index contributed by atoms with van der Waals surface area (Å²) in [6.45, 7) is 8.53. The van der Waals surface area contributed by atoms with Gasteiger partial charge in [0.25, 0.3) is 0 Å². The maximum Gasteiger partial charge on any atom is 0.237 e. The molecule has 1 aliphatic heterocycles. The number of thioether (sulfide) groups is 1. The molecule has 0 bridgehead atoms. The van der Waals surface area contributed by atoms with E-state index in [1.165, 1.54) is 36.7 Å². The van der Waals surface area contributed by atoms with Crippen molar-refractivity contribution in [1.82, 2.24) is 14.8 Å². The van der Waals surface area contributed by atoms with Crippen LogP contribution in [0, 0.1) is 0 Å². The van der Waals surface area contributed by atoms with Crippen molar-refractivity contribution in [2.75, 3.05) is 23.3 Å². The summed E-state index contributed by atoms with van der Waals surface area (Å²) in [5.74, 6) is 0.712. The van der Waals surface area contributed by atoms with Gasteiger partial charge in [-0.2, -0.15) is 0 Å². The van der Waals surface area contributed by atoms with Gasteiger partial charge in [-0.05, 0) is 50.5 Å². The number of nitrogens with one attached hydrogen (secondary N) is 1. The van der Waals surface area contributed by atoms with E-state index in [1.807, 2.05) is 60.0 Å². The summed E-state index contributed by atoms with van der Waals surface area (Å²) in [7, 11) is 0. The number of benzene rings is 2. The van der Waals surface area contributed by atoms with Gasteiger partial charge in [0.2, 0.25) is 5.91 Å². The lowest BCUT2D eigenvalue weighted by atomic mass is 10.1. The van der Waals surface area contributed by atoms with Gasteiger partial charge in [-0.3, -0.25) is 9.36 Å². The van der Waals surface area contributed by atoms with Gasteiger partial charge in [-0.1, -0.05) is 48.2 Å². The van der Waals surface area contributed by atoms with Gasteiger partial charge in [0.15, 0.2) is 11.0 Å². The molecule has 6 nitrogen and oxygen atoms in total. The fourth-order valence-corrected chi connectivity index (χ4v) is 4.69. The monoisotopic (exact) mass is 447 g/mol. The van der Waals surface area contributed by atoms with Crippen molar-refractivity contribution in [3.63, 3.8) is 0 Å². The van der Waals surface area contributed by atoms with Gasteiger partial charge in [0.05, 0.1) is 5.25 Å². The number of rotatable bonds is 8. The summed E-state index contributed by atoms with van der Waals surface area (Å²) in [6.07, 6.45) is 5.62. The Hall–Kier alpha value is -3.06. The molecule has 1 amide bonds. The molecule has 7 heteroatoms. The zero-order valence-corrected chi connectivity index (χ0v) is 19.2. The lowest BCUT2D eigenvalue weighted by Gasteiger charge is -2.28. The van der Waals surface area contributed by atoms with Crippen LogP contribution in [0.1, 0.15) is 26.2 Å². The predicted molar refractivity (Wildman–Crippen MR) is 132 cm³/mol. The fraction of sp³-hybridized carbons (Fsp3) is 0.320. The summed E-state index contributed by atoms with van der Waals surface area (Å²) in [6, 6.07) is 18.1. The Morgan fingerprint density at radius 1 is 1.09 bits per heavy atom. The molecule has 1 unspecified atom stereocenters. The van der Waals surface area contributed by atoms with E-state index in [-0.39, 0.29) is 11.2 Å². The molecule has 4 rings (SSSR count). The smallest absolute Gasteiger partial charge is 0.237 e. The number of hydrogen-bond donors (Lipinski definition) is 1. The normalized spacial score (nSPS) is 14.7. The quantitative estimate of drug-likeness (QED) is 0.378.